The quantitative estimate of drug-likeness (QED) is 0.594. The highest BCUT2D eigenvalue weighted by atomic mass is 16.4. The Kier molecular flexibility index (Phi) is 9.06. The summed E-state index contributed by atoms with van der Waals surface area (Å²) >= 11 is 0. The molecular weight excluding hydrogens is 232 g/mol. The van der Waals surface area contributed by atoms with E-state index in [0.717, 1.165) is 25.7 Å². The Balaban J connectivity index is 3.96. The van der Waals surface area contributed by atoms with Crippen LogP contribution in [0.2, 0.25) is 0 Å². The molecule has 0 bridgehead atoms. The zero-order valence-corrected chi connectivity index (χ0v) is 11.7. The molecule has 0 radical (unpaired) electrons. The largest absolute Gasteiger partial charge is 0.480 e. The summed E-state index contributed by atoms with van der Waals surface area (Å²) in [5.41, 5.74) is 0. The van der Waals surface area contributed by atoms with Gasteiger partial charge in [0.15, 0.2) is 0 Å². The smallest absolute Gasteiger partial charge is 0.326 e. The van der Waals surface area contributed by atoms with Gasteiger partial charge < -0.3 is 15.7 Å². The molecule has 0 aliphatic heterocycles. The Morgan fingerprint density at radius 3 is 2.28 bits per heavy atom. The standard InChI is InChI=1S/C13H26N2O3/c1-4-7-8-10(5-2)9-14-13(18)15-11(6-3)12(16)17/h10-11H,4-9H2,1-3H3,(H,16,17)(H2,14,15,18)/t10?,11-/m1/s1. The Morgan fingerprint density at radius 1 is 1.17 bits per heavy atom. The van der Waals surface area contributed by atoms with Crippen LogP contribution in [0.25, 0.3) is 0 Å². The van der Waals surface area contributed by atoms with Crippen LogP contribution < -0.4 is 10.6 Å². The lowest BCUT2D eigenvalue weighted by molar-refractivity contribution is -0.139. The van der Waals surface area contributed by atoms with Crippen LogP contribution in [0.5, 0.6) is 0 Å². The van der Waals surface area contributed by atoms with Gasteiger partial charge in [0.1, 0.15) is 6.04 Å². The van der Waals surface area contributed by atoms with E-state index in [0.29, 0.717) is 18.9 Å². The number of aliphatic carboxylic acids is 1. The molecule has 106 valence electrons. The fraction of sp³-hybridized carbons (Fsp3) is 0.846. The Bertz CT molecular complexity index is 257. The summed E-state index contributed by atoms with van der Waals surface area (Å²) in [6.45, 7) is 6.59. The van der Waals surface area contributed by atoms with Crippen LogP contribution >= 0.6 is 0 Å². The van der Waals surface area contributed by atoms with Crippen molar-refractivity contribution in [3.05, 3.63) is 0 Å². The van der Waals surface area contributed by atoms with E-state index in [-0.39, 0.29) is 6.03 Å². The molecule has 0 spiro atoms. The van der Waals surface area contributed by atoms with Gasteiger partial charge in [-0.15, -0.1) is 0 Å². The maximum Gasteiger partial charge on any atom is 0.326 e. The molecular formula is C13H26N2O3. The minimum Gasteiger partial charge on any atom is -0.480 e. The summed E-state index contributed by atoms with van der Waals surface area (Å²) in [5.74, 6) is -0.522. The Labute approximate surface area is 109 Å². The average molecular weight is 258 g/mol. The van der Waals surface area contributed by atoms with Crippen molar-refractivity contribution in [3.63, 3.8) is 0 Å². The highest BCUT2D eigenvalue weighted by molar-refractivity contribution is 5.82. The lowest BCUT2D eigenvalue weighted by Crippen LogP contribution is -2.46. The van der Waals surface area contributed by atoms with Crippen molar-refractivity contribution < 1.29 is 14.7 Å². The van der Waals surface area contributed by atoms with Gasteiger partial charge >= 0.3 is 12.0 Å². The van der Waals surface area contributed by atoms with E-state index in [1.54, 1.807) is 6.92 Å². The third kappa shape index (κ3) is 7.14. The number of urea groups is 1. The number of carbonyl (C=O) groups is 2. The first kappa shape index (κ1) is 16.7. The molecule has 2 amide bonds. The molecule has 0 aromatic carbocycles. The fourth-order valence-corrected chi connectivity index (χ4v) is 1.73. The van der Waals surface area contributed by atoms with Gasteiger partial charge in [0, 0.05) is 6.54 Å². The number of unbranched alkanes of at least 4 members (excludes halogenated alkanes) is 1. The summed E-state index contributed by atoms with van der Waals surface area (Å²) in [6, 6.07) is -1.19. The summed E-state index contributed by atoms with van der Waals surface area (Å²) in [7, 11) is 0. The number of hydrogen-bond acceptors (Lipinski definition) is 2. The summed E-state index contributed by atoms with van der Waals surface area (Å²) in [6.07, 6.45) is 4.82. The van der Waals surface area contributed by atoms with Gasteiger partial charge in [-0.25, -0.2) is 9.59 Å². The zero-order chi connectivity index (χ0) is 14.0. The maximum absolute atomic E-state index is 11.5. The lowest BCUT2D eigenvalue weighted by atomic mass is 9.99. The van der Waals surface area contributed by atoms with Gasteiger partial charge in [-0.2, -0.15) is 0 Å². The molecule has 0 heterocycles. The lowest BCUT2D eigenvalue weighted by Gasteiger charge is -2.17. The second-order valence-corrected chi connectivity index (χ2v) is 4.57. The minimum absolute atomic E-state index is 0.385. The molecule has 3 N–H and O–H groups in total. The predicted octanol–water partition coefficient (Wildman–Crippen LogP) is 2.37. The van der Waals surface area contributed by atoms with Gasteiger partial charge in [0.25, 0.3) is 0 Å². The van der Waals surface area contributed by atoms with Gasteiger partial charge in [-0.3, -0.25) is 0 Å². The van der Waals surface area contributed by atoms with Crippen LogP contribution in [-0.4, -0.2) is 29.7 Å². The first-order valence-electron chi connectivity index (χ1n) is 6.82. The van der Waals surface area contributed by atoms with Gasteiger partial charge in [0.2, 0.25) is 0 Å². The molecule has 2 atom stereocenters. The first-order chi connectivity index (χ1) is 8.54. The number of nitrogens with one attached hydrogen (secondary N) is 2. The van der Waals surface area contributed by atoms with E-state index in [1.807, 2.05) is 0 Å². The van der Waals surface area contributed by atoms with Crippen LogP contribution in [0.15, 0.2) is 0 Å². The van der Waals surface area contributed by atoms with Crippen molar-refractivity contribution in [3.8, 4) is 0 Å². The molecule has 0 fully saturated rings. The molecule has 0 aliphatic carbocycles. The topological polar surface area (TPSA) is 78.4 Å². The van der Waals surface area contributed by atoms with Gasteiger partial charge in [-0.1, -0.05) is 40.0 Å². The summed E-state index contributed by atoms with van der Waals surface area (Å²) in [5, 5.41) is 14.0. The molecule has 0 aliphatic rings. The van der Waals surface area contributed by atoms with E-state index >= 15 is 0 Å². The Hall–Kier alpha value is -1.26. The van der Waals surface area contributed by atoms with Gasteiger partial charge in [-0.05, 0) is 18.8 Å². The van der Waals surface area contributed by atoms with E-state index in [9.17, 15) is 9.59 Å². The summed E-state index contributed by atoms with van der Waals surface area (Å²) in [4.78, 5) is 22.3. The second-order valence-electron chi connectivity index (χ2n) is 4.57. The maximum atomic E-state index is 11.5. The number of amides is 2. The van der Waals surface area contributed by atoms with Crippen LogP contribution in [0.3, 0.4) is 0 Å². The number of carbonyl (C=O) groups excluding carboxylic acids is 1. The number of rotatable bonds is 9. The van der Waals surface area contributed by atoms with E-state index in [2.05, 4.69) is 24.5 Å². The highest BCUT2D eigenvalue weighted by Gasteiger charge is 2.17. The van der Waals surface area contributed by atoms with Crippen LogP contribution in [-0.2, 0) is 4.79 Å². The van der Waals surface area contributed by atoms with Gasteiger partial charge in [0.05, 0.1) is 0 Å². The third-order valence-electron chi connectivity index (χ3n) is 3.11. The molecule has 5 heteroatoms. The van der Waals surface area contributed by atoms with Crippen molar-refractivity contribution in [2.24, 2.45) is 5.92 Å². The average Bonchev–Trinajstić information content (AvgIpc) is 2.35. The molecule has 0 aromatic rings. The predicted molar refractivity (Wildman–Crippen MR) is 71.6 cm³/mol. The number of carboxylic acids is 1. The molecule has 1 unspecified atom stereocenters. The molecule has 0 saturated heterocycles. The number of hydrogen-bond donors (Lipinski definition) is 3. The zero-order valence-electron chi connectivity index (χ0n) is 11.7. The van der Waals surface area contributed by atoms with Crippen LogP contribution in [0.1, 0.15) is 52.9 Å². The number of carboxylic acid groups (broad SMARTS) is 1. The van der Waals surface area contributed by atoms with Crippen molar-refractivity contribution in [2.75, 3.05) is 6.54 Å². The SMILES string of the molecule is CCCCC(CC)CNC(=O)N[C@H](CC)C(=O)O. The van der Waals surface area contributed by atoms with E-state index < -0.39 is 12.0 Å². The first-order valence-corrected chi connectivity index (χ1v) is 6.82. The van der Waals surface area contributed by atoms with E-state index in [1.165, 1.54) is 0 Å². The fourth-order valence-electron chi connectivity index (χ4n) is 1.73. The van der Waals surface area contributed by atoms with E-state index in [4.69, 9.17) is 5.11 Å². The van der Waals surface area contributed by atoms with Crippen LogP contribution in [0, 0.1) is 5.92 Å². The monoisotopic (exact) mass is 258 g/mol. The highest BCUT2D eigenvalue weighted by Crippen LogP contribution is 2.10. The molecule has 18 heavy (non-hydrogen) atoms. The molecule has 5 nitrogen and oxygen atoms in total. The summed E-state index contributed by atoms with van der Waals surface area (Å²) < 4.78 is 0. The normalized spacial score (nSPS) is 13.7. The molecule has 0 rings (SSSR count). The Morgan fingerprint density at radius 2 is 1.83 bits per heavy atom. The molecule has 0 aromatic heterocycles. The third-order valence-corrected chi connectivity index (χ3v) is 3.11. The minimum atomic E-state index is -0.995. The molecule has 0 saturated carbocycles. The van der Waals surface area contributed by atoms with Crippen molar-refractivity contribution in [1.29, 1.82) is 0 Å². The van der Waals surface area contributed by atoms with Crippen LogP contribution in [0.4, 0.5) is 4.79 Å². The second kappa shape index (κ2) is 9.74. The van der Waals surface area contributed by atoms with Crippen molar-refractivity contribution in [1.82, 2.24) is 10.6 Å². The van der Waals surface area contributed by atoms with Crippen molar-refractivity contribution in [2.45, 2.75) is 58.9 Å². The van der Waals surface area contributed by atoms with Crippen molar-refractivity contribution >= 4 is 12.0 Å².